The van der Waals surface area contributed by atoms with Crippen molar-refractivity contribution in [3.8, 4) is 0 Å². The summed E-state index contributed by atoms with van der Waals surface area (Å²) in [5.74, 6) is 0. The van der Waals surface area contributed by atoms with Crippen LogP contribution >= 0.6 is 0 Å². The molecular weight excluding hydrogens is 140 g/mol. The summed E-state index contributed by atoms with van der Waals surface area (Å²) >= 11 is 0. The molecule has 0 amide bonds. The lowest BCUT2D eigenvalue weighted by atomic mass is 9.97. The van der Waals surface area contributed by atoms with Crippen molar-refractivity contribution >= 4 is 0 Å². The Labute approximate surface area is 68.6 Å². The molecule has 2 nitrogen and oxygen atoms in total. The van der Waals surface area contributed by atoms with Crippen molar-refractivity contribution in [2.75, 3.05) is 6.61 Å². The molecule has 1 saturated heterocycles. The van der Waals surface area contributed by atoms with Gasteiger partial charge in [-0.2, -0.15) is 0 Å². The van der Waals surface area contributed by atoms with E-state index in [0.717, 1.165) is 13.0 Å². The van der Waals surface area contributed by atoms with Gasteiger partial charge < -0.3 is 9.84 Å². The second kappa shape index (κ2) is 3.55. The average Bonchev–Trinajstić information content (AvgIpc) is 2.70. The molecule has 2 heteroatoms. The first-order valence-corrected chi connectivity index (χ1v) is 4.53. The molecule has 0 saturated carbocycles. The Morgan fingerprint density at radius 2 is 2.18 bits per heavy atom. The van der Waals surface area contributed by atoms with Gasteiger partial charge in [-0.1, -0.05) is 26.2 Å². The van der Waals surface area contributed by atoms with Gasteiger partial charge in [0.25, 0.3) is 0 Å². The molecule has 0 aromatic rings. The first kappa shape index (κ1) is 9.01. The van der Waals surface area contributed by atoms with E-state index in [1.165, 1.54) is 19.3 Å². The summed E-state index contributed by atoms with van der Waals surface area (Å²) in [5.41, 5.74) is -0.144. The second-order valence-corrected chi connectivity index (χ2v) is 3.49. The van der Waals surface area contributed by atoms with Gasteiger partial charge in [0.05, 0.1) is 12.7 Å². The Balaban J connectivity index is 2.14. The highest BCUT2D eigenvalue weighted by Crippen LogP contribution is 2.36. The fourth-order valence-corrected chi connectivity index (χ4v) is 1.36. The molecule has 11 heavy (non-hydrogen) atoms. The van der Waals surface area contributed by atoms with Crippen LogP contribution in [0.5, 0.6) is 0 Å². The lowest BCUT2D eigenvalue weighted by Crippen LogP contribution is -2.26. The fourth-order valence-electron chi connectivity index (χ4n) is 1.36. The summed E-state index contributed by atoms with van der Waals surface area (Å²) in [6.45, 7) is 4.76. The highest BCUT2D eigenvalue weighted by atomic mass is 16.6. The Bertz CT molecular complexity index is 117. The number of aliphatic hydroxyl groups excluding tert-OH is 1. The maximum atomic E-state index is 9.32. The van der Waals surface area contributed by atoms with Crippen LogP contribution in [0.25, 0.3) is 0 Å². The van der Waals surface area contributed by atoms with E-state index in [0.29, 0.717) is 0 Å². The zero-order valence-electron chi connectivity index (χ0n) is 7.47. The lowest BCUT2D eigenvalue weighted by Gasteiger charge is -2.13. The number of rotatable bonds is 5. The molecule has 1 aliphatic heterocycles. The van der Waals surface area contributed by atoms with Gasteiger partial charge in [0.2, 0.25) is 0 Å². The molecular formula is C9H18O2. The van der Waals surface area contributed by atoms with Crippen molar-refractivity contribution in [1.29, 1.82) is 0 Å². The summed E-state index contributed by atoms with van der Waals surface area (Å²) < 4.78 is 5.25. The Morgan fingerprint density at radius 3 is 2.55 bits per heavy atom. The average molecular weight is 158 g/mol. The Morgan fingerprint density at radius 1 is 1.55 bits per heavy atom. The number of ether oxygens (including phenoxy) is 1. The Hall–Kier alpha value is -0.0800. The molecule has 0 unspecified atom stereocenters. The smallest absolute Gasteiger partial charge is 0.117 e. The third kappa shape index (κ3) is 2.17. The normalized spacial score (nSPS) is 31.9. The summed E-state index contributed by atoms with van der Waals surface area (Å²) in [7, 11) is 0. The van der Waals surface area contributed by atoms with Gasteiger partial charge >= 0.3 is 0 Å². The molecule has 0 spiro atoms. The molecule has 0 bridgehead atoms. The minimum absolute atomic E-state index is 0.144. The van der Waals surface area contributed by atoms with Gasteiger partial charge in [-0.3, -0.25) is 0 Å². The maximum absolute atomic E-state index is 9.32. The highest BCUT2D eigenvalue weighted by Gasteiger charge is 2.48. The zero-order valence-corrected chi connectivity index (χ0v) is 7.47. The standard InChI is InChI=1S/C9H18O2/c1-3-4-5-6-9(7-11-9)8(2)10/h8,10H,3-7H2,1-2H3/t8-,9+/m0/s1. The summed E-state index contributed by atoms with van der Waals surface area (Å²) in [6.07, 6.45) is 4.40. The molecule has 0 aromatic heterocycles. The molecule has 2 atom stereocenters. The maximum Gasteiger partial charge on any atom is 0.117 e. The Kier molecular flexibility index (Phi) is 2.90. The van der Waals surface area contributed by atoms with Crippen LogP contribution in [0.1, 0.15) is 39.5 Å². The van der Waals surface area contributed by atoms with Crippen molar-refractivity contribution in [3.05, 3.63) is 0 Å². The predicted octanol–water partition coefficient (Wildman–Crippen LogP) is 1.72. The van der Waals surface area contributed by atoms with Gasteiger partial charge in [-0.05, 0) is 13.3 Å². The second-order valence-electron chi connectivity index (χ2n) is 3.49. The number of unbranched alkanes of at least 4 members (excludes halogenated alkanes) is 2. The van der Waals surface area contributed by atoms with Crippen LogP contribution in [0.4, 0.5) is 0 Å². The molecule has 1 heterocycles. The topological polar surface area (TPSA) is 32.8 Å². The largest absolute Gasteiger partial charge is 0.390 e. The minimum atomic E-state index is -0.292. The van der Waals surface area contributed by atoms with Crippen LogP contribution < -0.4 is 0 Å². The van der Waals surface area contributed by atoms with Crippen LogP contribution in [0.15, 0.2) is 0 Å². The van der Waals surface area contributed by atoms with Crippen molar-refractivity contribution in [2.24, 2.45) is 0 Å². The molecule has 1 aliphatic rings. The van der Waals surface area contributed by atoms with Crippen molar-refractivity contribution < 1.29 is 9.84 Å². The molecule has 1 rings (SSSR count). The van der Waals surface area contributed by atoms with Crippen LogP contribution in [-0.2, 0) is 4.74 Å². The number of aliphatic hydroxyl groups is 1. The number of hydrogen-bond donors (Lipinski definition) is 1. The van der Waals surface area contributed by atoms with Gasteiger partial charge in [0.1, 0.15) is 5.60 Å². The number of hydrogen-bond acceptors (Lipinski definition) is 2. The quantitative estimate of drug-likeness (QED) is 0.488. The summed E-state index contributed by atoms with van der Waals surface area (Å²) in [4.78, 5) is 0. The fraction of sp³-hybridized carbons (Fsp3) is 1.00. The van der Waals surface area contributed by atoms with Crippen molar-refractivity contribution in [2.45, 2.75) is 51.2 Å². The SMILES string of the molecule is CCCCC[C@]1([C@H](C)O)CO1. The molecule has 1 N–H and O–H groups in total. The van der Waals surface area contributed by atoms with Crippen molar-refractivity contribution in [3.63, 3.8) is 0 Å². The van der Waals surface area contributed by atoms with Gasteiger partial charge in [-0.25, -0.2) is 0 Å². The van der Waals surface area contributed by atoms with Crippen LogP contribution in [-0.4, -0.2) is 23.4 Å². The van der Waals surface area contributed by atoms with E-state index in [2.05, 4.69) is 6.92 Å². The van der Waals surface area contributed by atoms with Crippen LogP contribution in [0.2, 0.25) is 0 Å². The van der Waals surface area contributed by atoms with E-state index in [-0.39, 0.29) is 11.7 Å². The van der Waals surface area contributed by atoms with Gasteiger partial charge in [0, 0.05) is 0 Å². The van der Waals surface area contributed by atoms with E-state index in [9.17, 15) is 5.11 Å². The minimum Gasteiger partial charge on any atom is -0.390 e. The highest BCUT2D eigenvalue weighted by molar-refractivity contribution is 4.96. The van der Waals surface area contributed by atoms with Gasteiger partial charge in [0.15, 0.2) is 0 Å². The molecule has 0 aromatic carbocycles. The third-order valence-corrected chi connectivity index (χ3v) is 2.48. The van der Waals surface area contributed by atoms with Crippen LogP contribution in [0.3, 0.4) is 0 Å². The van der Waals surface area contributed by atoms with E-state index >= 15 is 0 Å². The molecule has 0 aliphatic carbocycles. The summed E-state index contributed by atoms with van der Waals surface area (Å²) in [5, 5.41) is 9.32. The summed E-state index contributed by atoms with van der Waals surface area (Å²) in [6, 6.07) is 0. The van der Waals surface area contributed by atoms with E-state index in [1.807, 2.05) is 6.92 Å². The van der Waals surface area contributed by atoms with Crippen molar-refractivity contribution in [1.82, 2.24) is 0 Å². The van der Waals surface area contributed by atoms with E-state index in [1.54, 1.807) is 0 Å². The molecule has 1 fully saturated rings. The van der Waals surface area contributed by atoms with Gasteiger partial charge in [-0.15, -0.1) is 0 Å². The predicted molar refractivity (Wildman–Crippen MR) is 44.5 cm³/mol. The first-order valence-electron chi connectivity index (χ1n) is 4.53. The van der Waals surface area contributed by atoms with Crippen LogP contribution in [0, 0.1) is 0 Å². The zero-order chi connectivity index (χ0) is 8.32. The third-order valence-electron chi connectivity index (χ3n) is 2.48. The number of epoxide rings is 1. The van der Waals surface area contributed by atoms with E-state index in [4.69, 9.17) is 4.74 Å². The molecule has 0 radical (unpaired) electrons. The monoisotopic (exact) mass is 158 g/mol. The molecule has 66 valence electrons. The lowest BCUT2D eigenvalue weighted by molar-refractivity contribution is 0.0824. The first-order chi connectivity index (χ1) is 5.21. The van der Waals surface area contributed by atoms with E-state index < -0.39 is 0 Å².